The van der Waals surface area contributed by atoms with E-state index in [2.05, 4.69) is 20.1 Å². The van der Waals surface area contributed by atoms with Crippen LogP contribution in [0.3, 0.4) is 0 Å². The van der Waals surface area contributed by atoms with Crippen molar-refractivity contribution >= 4 is 7.85 Å². The van der Waals surface area contributed by atoms with Gasteiger partial charge < -0.3 is 10.1 Å². The highest BCUT2D eigenvalue weighted by Crippen LogP contribution is 2.03. The maximum atomic E-state index is 5.57. The molecule has 1 aliphatic rings. The summed E-state index contributed by atoms with van der Waals surface area (Å²) in [5.41, 5.74) is 0. The average Bonchev–Trinajstić information content (AvgIpc) is 1.88. The fraction of sp³-hybridized carbons (Fsp3) is 1.00. The molecule has 1 rings (SSSR count). The van der Waals surface area contributed by atoms with Gasteiger partial charge in [-0.15, -0.1) is 0 Å². The minimum atomic E-state index is 0.406. The van der Waals surface area contributed by atoms with Crippen LogP contribution in [-0.4, -0.2) is 33.0 Å². The first-order chi connectivity index (χ1) is 4.33. The molecule has 0 saturated carbocycles. The Morgan fingerprint density at radius 3 is 2.89 bits per heavy atom. The Kier molecular flexibility index (Phi) is 2.55. The number of rotatable bonds is 1. The highest BCUT2D eigenvalue weighted by molar-refractivity contribution is 6.11. The molecule has 2 nitrogen and oxygen atoms in total. The normalized spacial score (nSPS) is 36.6. The molecular weight excluding hydrogens is 113 g/mol. The van der Waals surface area contributed by atoms with Gasteiger partial charge in [0.25, 0.3) is 0 Å². The third-order valence-corrected chi connectivity index (χ3v) is 1.68. The van der Waals surface area contributed by atoms with Gasteiger partial charge in [0.15, 0.2) is 0 Å². The Morgan fingerprint density at radius 1 is 1.67 bits per heavy atom. The highest BCUT2D eigenvalue weighted by Gasteiger charge is 2.15. The lowest BCUT2D eigenvalue weighted by atomic mass is 9.98. The number of hydrogen-bond donors (Lipinski definition) is 1. The van der Waals surface area contributed by atoms with Gasteiger partial charge in [0.1, 0.15) is 7.85 Å². The zero-order chi connectivity index (χ0) is 6.69. The molecule has 0 aromatic rings. The van der Waals surface area contributed by atoms with E-state index in [4.69, 9.17) is 4.74 Å². The number of ether oxygens (including phenoxy) is 1. The van der Waals surface area contributed by atoms with Crippen LogP contribution in [0.15, 0.2) is 0 Å². The van der Waals surface area contributed by atoms with Crippen LogP contribution in [0.2, 0.25) is 0 Å². The molecule has 1 fully saturated rings. The van der Waals surface area contributed by atoms with Crippen molar-refractivity contribution in [3.8, 4) is 0 Å². The lowest BCUT2D eigenvalue weighted by molar-refractivity contribution is 0.00289. The predicted molar refractivity (Wildman–Crippen MR) is 40.4 cm³/mol. The Morgan fingerprint density at radius 2 is 2.44 bits per heavy atom. The van der Waals surface area contributed by atoms with Gasteiger partial charge in [-0.05, 0) is 6.42 Å². The van der Waals surface area contributed by atoms with Crippen molar-refractivity contribution in [3.05, 3.63) is 0 Å². The quantitative estimate of drug-likeness (QED) is 0.472. The molecule has 1 heterocycles. The summed E-state index contributed by atoms with van der Waals surface area (Å²) in [6.07, 6.45) is 1.57. The molecule has 0 radical (unpaired) electrons. The Bertz CT molecular complexity index is 89.1. The maximum Gasteiger partial charge on any atom is 0.140 e. The number of hydrogen-bond acceptors (Lipinski definition) is 2. The van der Waals surface area contributed by atoms with E-state index in [0.29, 0.717) is 12.1 Å². The van der Waals surface area contributed by atoms with Crippen molar-refractivity contribution in [1.29, 1.82) is 0 Å². The van der Waals surface area contributed by atoms with Crippen LogP contribution < -0.4 is 5.32 Å². The largest absolute Gasteiger partial charge is 0.381 e. The smallest absolute Gasteiger partial charge is 0.140 e. The minimum absolute atomic E-state index is 0.406. The summed E-state index contributed by atoms with van der Waals surface area (Å²) in [7, 11) is 2.11. The number of morpholine rings is 1. The lowest BCUT2D eigenvalue weighted by Gasteiger charge is -2.27. The molecule has 0 amide bonds. The molecule has 0 aromatic heterocycles. The van der Waals surface area contributed by atoms with Gasteiger partial charge in [0.05, 0.1) is 6.10 Å². The van der Waals surface area contributed by atoms with Crippen LogP contribution in [-0.2, 0) is 4.74 Å². The first-order valence-corrected chi connectivity index (χ1v) is 3.69. The van der Waals surface area contributed by atoms with E-state index in [9.17, 15) is 0 Å². The summed E-state index contributed by atoms with van der Waals surface area (Å²) < 4.78 is 5.57. The molecule has 3 heteroatoms. The van der Waals surface area contributed by atoms with Crippen molar-refractivity contribution in [2.45, 2.75) is 25.5 Å². The second-order valence-corrected chi connectivity index (χ2v) is 2.64. The number of nitrogens with one attached hydrogen (secondary N) is 1. The zero-order valence-electron chi connectivity index (χ0n) is 6.18. The van der Waals surface area contributed by atoms with Crippen LogP contribution in [0.1, 0.15) is 13.3 Å². The summed E-state index contributed by atoms with van der Waals surface area (Å²) in [4.78, 5) is 0. The Balaban J connectivity index is 2.23. The minimum Gasteiger partial charge on any atom is -0.381 e. The molecule has 9 heavy (non-hydrogen) atoms. The second-order valence-electron chi connectivity index (χ2n) is 2.64. The van der Waals surface area contributed by atoms with E-state index in [-0.39, 0.29) is 0 Å². The molecule has 1 aliphatic heterocycles. The third-order valence-electron chi connectivity index (χ3n) is 1.68. The third kappa shape index (κ3) is 1.99. The molecular formula is C6H14BNO. The zero-order valence-corrected chi connectivity index (χ0v) is 6.18. The summed E-state index contributed by atoms with van der Waals surface area (Å²) in [5.74, 6) is 0. The standard InChI is InChI=1S/C6H14BNO/c1-2-5-3-8-4-6(7)9-5/h5-6,8H,2-4,7H2,1H3. The fourth-order valence-electron chi connectivity index (χ4n) is 1.11. The highest BCUT2D eigenvalue weighted by atomic mass is 16.5. The van der Waals surface area contributed by atoms with E-state index >= 15 is 0 Å². The van der Waals surface area contributed by atoms with Crippen LogP contribution >= 0.6 is 0 Å². The summed E-state index contributed by atoms with van der Waals surface area (Å²) in [6, 6.07) is 0.406. The summed E-state index contributed by atoms with van der Waals surface area (Å²) in [5, 5.41) is 3.31. The van der Waals surface area contributed by atoms with Crippen molar-refractivity contribution < 1.29 is 4.74 Å². The molecule has 2 atom stereocenters. The topological polar surface area (TPSA) is 21.3 Å². The first-order valence-electron chi connectivity index (χ1n) is 3.69. The van der Waals surface area contributed by atoms with E-state index < -0.39 is 0 Å². The molecule has 0 bridgehead atoms. The van der Waals surface area contributed by atoms with Crippen molar-refractivity contribution in [1.82, 2.24) is 5.32 Å². The van der Waals surface area contributed by atoms with E-state index in [1.54, 1.807) is 0 Å². The van der Waals surface area contributed by atoms with Crippen molar-refractivity contribution in [2.24, 2.45) is 0 Å². The molecule has 1 saturated heterocycles. The van der Waals surface area contributed by atoms with Crippen LogP contribution in [0.5, 0.6) is 0 Å². The fourth-order valence-corrected chi connectivity index (χ4v) is 1.11. The average molecular weight is 127 g/mol. The first kappa shape index (κ1) is 7.10. The van der Waals surface area contributed by atoms with Crippen LogP contribution in [0.4, 0.5) is 0 Å². The van der Waals surface area contributed by atoms with Gasteiger partial charge in [-0.25, -0.2) is 0 Å². The van der Waals surface area contributed by atoms with E-state index in [1.165, 1.54) is 0 Å². The second kappa shape index (κ2) is 3.23. The Labute approximate surface area is 57.4 Å². The van der Waals surface area contributed by atoms with Gasteiger partial charge in [-0.1, -0.05) is 6.92 Å². The molecule has 0 aliphatic carbocycles. The van der Waals surface area contributed by atoms with Gasteiger partial charge in [-0.2, -0.15) is 0 Å². The predicted octanol–water partition coefficient (Wildman–Crippen LogP) is -0.656. The van der Waals surface area contributed by atoms with Gasteiger partial charge >= 0.3 is 0 Å². The maximum absolute atomic E-state index is 5.57. The van der Waals surface area contributed by atoms with Crippen LogP contribution in [0.25, 0.3) is 0 Å². The molecule has 0 aromatic carbocycles. The monoisotopic (exact) mass is 127 g/mol. The van der Waals surface area contributed by atoms with E-state index in [0.717, 1.165) is 19.5 Å². The van der Waals surface area contributed by atoms with Gasteiger partial charge in [-0.3, -0.25) is 0 Å². The van der Waals surface area contributed by atoms with E-state index in [1.807, 2.05) is 0 Å². The molecule has 2 unspecified atom stereocenters. The molecule has 1 N–H and O–H groups in total. The van der Waals surface area contributed by atoms with Crippen molar-refractivity contribution in [3.63, 3.8) is 0 Å². The summed E-state index contributed by atoms with van der Waals surface area (Å²) in [6.45, 7) is 4.20. The van der Waals surface area contributed by atoms with Crippen LogP contribution in [0, 0.1) is 0 Å². The van der Waals surface area contributed by atoms with Gasteiger partial charge in [0.2, 0.25) is 0 Å². The summed E-state index contributed by atoms with van der Waals surface area (Å²) >= 11 is 0. The molecule has 52 valence electrons. The lowest BCUT2D eigenvalue weighted by Crippen LogP contribution is -2.44. The SMILES string of the molecule is BC1CNCC(CC)O1. The van der Waals surface area contributed by atoms with Crippen molar-refractivity contribution in [2.75, 3.05) is 13.1 Å². The Hall–Kier alpha value is -0.0151. The molecule has 0 spiro atoms. The van der Waals surface area contributed by atoms with Gasteiger partial charge in [0, 0.05) is 19.1 Å².